The van der Waals surface area contributed by atoms with Gasteiger partial charge < -0.3 is 10.5 Å². The average molecular weight is 301 g/mol. The maximum Gasteiger partial charge on any atom is 0.359 e. The Hall–Kier alpha value is -2.96. The number of hydrogen-bond donors (Lipinski definition) is 1. The largest absolute Gasteiger partial charge is 0.448 e. The number of esters is 1. The molecule has 0 unspecified atom stereocenters. The molecule has 1 aromatic carbocycles. The topological polar surface area (TPSA) is 104 Å². The molecule has 0 aliphatic rings. The van der Waals surface area contributed by atoms with Crippen LogP contribution in [0.3, 0.4) is 0 Å². The van der Waals surface area contributed by atoms with Crippen LogP contribution in [0.1, 0.15) is 23.0 Å². The normalized spacial score (nSPS) is 11.7. The molecule has 0 radical (unpaired) electrons. The number of benzene rings is 1. The van der Waals surface area contributed by atoms with E-state index in [2.05, 4.69) is 5.10 Å². The zero-order valence-electron chi connectivity index (χ0n) is 11.9. The van der Waals surface area contributed by atoms with E-state index in [9.17, 15) is 14.4 Å². The number of rotatable bonds is 5. The third kappa shape index (κ3) is 3.78. The van der Waals surface area contributed by atoms with Crippen molar-refractivity contribution >= 4 is 11.9 Å². The highest BCUT2D eigenvalue weighted by atomic mass is 16.5. The summed E-state index contributed by atoms with van der Waals surface area (Å²) < 4.78 is 6.01. The van der Waals surface area contributed by atoms with E-state index in [1.807, 2.05) is 30.3 Å². The van der Waals surface area contributed by atoms with E-state index in [1.165, 1.54) is 19.1 Å². The zero-order valence-corrected chi connectivity index (χ0v) is 11.9. The second kappa shape index (κ2) is 6.66. The molecule has 1 amide bonds. The quantitative estimate of drug-likeness (QED) is 0.801. The lowest BCUT2D eigenvalue weighted by Crippen LogP contribution is -2.32. The van der Waals surface area contributed by atoms with Gasteiger partial charge in [-0.15, -0.1) is 0 Å². The monoisotopic (exact) mass is 301 g/mol. The van der Waals surface area contributed by atoms with Crippen molar-refractivity contribution < 1.29 is 14.3 Å². The number of hydrogen-bond acceptors (Lipinski definition) is 5. The van der Waals surface area contributed by atoms with Gasteiger partial charge in [0.05, 0.1) is 6.54 Å². The Morgan fingerprint density at radius 3 is 2.55 bits per heavy atom. The highest BCUT2D eigenvalue weighted by Crippen LogP contribution is 2.02. The van der Waals surface area contributed by atoms with Crippen molar-refractivity contribution in [2.45, 2.75) is 19.6 Å². The third-order valence-corrected chi connectivity index (χ3v) is 2.94. The van der Waals surface area contributed by atoms with E-state index in [4.69, 9.17) is 10.5 Å². The Kier molecular flexibility index (Phi) is 4.67. The summed E-state index contributed by atoms with van der Waals surface area (Å²) in [6.07, 6.45) is -1.07. The van der Waals surface area contributed by atoms with Gasteiger partial charge in [-0.05, 0) is 18.6 Å². The number of nitrogens with two attached hydrogens (primary N) is 1. The molecule has 1 atom stereocenters. The molecule has 2 rings (SSSR count). The molecule has 7 nitrogen and oxygen atoms in total. The Bertz CT molecular complexity index is 740. The molecule has 0 aliphatic heterocycles. The number of amides is 1. The number of primary amides is 1. The molecule has 0 spiro atoms. The smallest absolute Gasteiger partial charge is 0.359 e. The molecule has 2 aromatic rings. The molecule has 0 aliphatic carbocycles. The van der Waals surface area contributed by atoms with Crippen LogP contribution < -0.4 is 11.3 Å². The number of carbonyl (C=O) groups excluding carboxylic acids is 2. The summed E-state index contributed by atoms with van der Waals surface area (Å²) in [4.78, 5) is 34.6. The lowest BCUT2D eigenvalue weighted by atomic mass is 10.2. The Labute approximate surface area is 126 Å². The van der Waals surface area contributed by atoms with Gasteiger partial charge in [0.1, 0.15) is 0 Å². The molecule has 114 valence electrons. The summed E-state index contributed by atoms with van der Waals surface area (Å²) in [7, 11) is 0. The zero-order chi connectivity index (χ0) is 16.1. The van der Waals surface area contributed by atoms with Crippen LogP contribution in [0.25, 0.3) is 0 Å². The maximum atomic E-state index is 11.9. The van der Waals surface area contributed by atoms with Crippen molar-refractivity contribution in [2.75, 3.05) is 0 Å². The van der Waals surface area contributed by atoms with Gasteiger partial charge in [0.15, 0.2) is 11.8 Å². The highest BCUT2D eigenvalue weighted by Gasteiger charge is 2.18. The van der Waals surface area contributed by atoms with Gasteiger partial charge in [0.2, 0.25) is 0 Å². The van der Waals surface area contributed by atoms with Crippen molar-refractivity contribution in [3.63, 3.8) is 0 Å². The van der Waals surface area contributed by atoms with Crippen molar-refractivity contribution in [1.82, 2.24) is 9.78 Å². The number of ether oxygens (including phenoxy) is 1. The van der Waals surface area contributed by atoms with Crippen molar-refractivity contribution in [3.05, 3.63) is 64.1 Å². The summed E-state index contributed by atoms with van der Waals surface area (Å²) in [5.41, 5.74) is 5.49. The maximum absolute atomic E-state index is 11.9. The average Bonchev–Trinajstić information content (AvgIpc) is 2.50. The van der Waals surface area contributed by atoms with Crippen molar-refractivity contribution in [3.8, 4) is 0 Å². The van der Waals surface area contributed by atoms with Gasteiger partial charge in [-0.2, -0.15) is 5.10 Å². The first-order valence-electron chi connectivity index (χ1n) is 6.60. The van der Waals surface area contributed by atoms with Crippen LogP contribution in [0.4, 0.5) is 0 Å². The SMILES string of the molecule is C[C@H](OC(=O)c1ccc(=O)n(Cc2ccccc2)n1)C(N)=O. The van der Waals surface area contributed by atoms with E-state index < -0.39 is 18.0 Å². The van der Waals surface area contributed by atoms with E-state index >= 15 is 0 Å². The molecular weight excluding hydrogens is 286 g/mol. The van der Waals surface area contributed by atoms with Crippen molar-refractivity contribution in [1.29, 1.82) is 0 Å². The lowest BCUT2D eigenvalue weighted by molar-refractivity contribution is -0.125. The van der Waals surface area contributed by atoms with Gasteiger partial charge in [-0.1, -0.05) is 30.3 Å². The fourth-order valence-corrected chi connectivity index (χ4v) is 1.71. The van der Waals surface area contributed by atoms with Crippen LogP contribution in [0, 0.1) is 0 Å². The summed E-state index contributed by atoms with van der Waals surface area (Å²) in [6.45, 7) is 1.59. The Morgan fingerprint density at radius 1 is 1.23 bits per heavy atom. The van der Waals surface area contributed by atoms with Crippen LogP contribution in [-0.2, 0) is 16.1 Å². The van der Waals surface area contributed by atoms with E-state index in [0.717, 1.165) is 10.2 Å². The lowest BCUT2D eigenvalue weighted by Gasteiger charge is -2.10. The fraction of sp³-hybridized carbons (Fsp3) is 0.200. The van der Waals surface area contributed by atoms with Crippen LogP contribution in [0.5, 0.6) is 0 Å². The molecule has 0 bridgehead atoms. The first-order valence-corrected chi connectivity index (χ1v) is 6.60. The third-order valence-electron chi connectivity index (χ3n) is 2.94. The predicted molar refractivity (Wildman–Crippen MR) is 78.1 cm³/mol. The fourth-order valence-electron chi connectivity index (χ4n) is 1.71. The number of carbonyl (C=O) groups is 2. The van der Waals surface area contributed by atoms with Gasteiger partial charge >= 0.3 is 5.97 Å². The molecule has 0 saturated heterocycles. The van der Waals surface area contributed by atoms with E-state index in [0.29, 0.717) is 0 Å². The van der Waals surface area contributed by atoms with Crippen molar-refractivity contribution in [2.24, 2.45) is 5.73 Å². The molecular formula is C15H15N3O4. The molecule has 1 heterocycles. The second-order valence-electron chi connectivity index (χ2n) is 4.65. The Balaban J connectivity index is 2.21. The minimum absolute atomic E-state index is 0.0661. The van der Waals surface area contributed by atoms with Crippen LogP contribution in [0.2, 0.25) is 0 Å². The van der Waals surface area contributed by atoms with Gasteiger partial charge in [0.25, 0.3) is 11.5 Å². The van der Waals surface area contributed by atoms with Crippen LogP contribution in [0.15, 0.2) is 47.3 Å². The van der Waals surface area contributed by atoms with E-state index in [-0.39, 0.29) is 17.8 Å². The van der Waals surface area contributed by atoms with Gasteiger partial charge in [-0.3, -0.25) is 9.59 Å². The van der Waals surface area contributed by atoms with Crippen LogP contribution in [-0.4, -0.2) is 27.8 Å². The summed E-state index contributed by atoms with van der Waals surface area (Å²) in [6, 6.07) is 11.7. The second-order valence-corrected chi connectivity index (χ2v) is 4.65. The Morgan fingerprint density at radius 2 is 1.91 bits per heavy atom. The van der Waals surface area contributed by atoms with Crippen LogP contribution >= 0.6 is 0 Å². The molecule has 7 heteroatoms. The summed E-state index contributed by atoms with van der Waals surface area (Å²) >= 11 is 0. The molecule has 0 fully saturated rings. The van der Waals surface area contributed by atoms with Gasteiger partial charge in [0, 0.05) is 6.07 Å². The van der Waals surface area contributed by atoms with E-state index in [1.54, 1.807) is 0 Å². The molecule has 0 saturated carbocycles. The minimum atomic E-state index is -1.07. The first-order chi connectivity index (χ1) is 10.5. The van der Waals surface area contributed by atoms with Gasteiger partial charge in [-0.25, -0.2) is 9.48 Å². The molecule has 22 heavy (non-hydrogen) atoms. The number of nitrogens with zero attached hydrogens (tertiary/aromatic N) is 2. The number of aromatic nitrogens is 2. The first kappa shape index (κ1) is 15.4. The highest BCUT2D eigenvalue weighted by molar-refractivity contribution is 5.90. The summed E-state index contributed by atoms with van der Waals surface area (Å²) in [5.74, 6) is -1.57. The minimum Gasteiger partial charge on any atom is -0.448 e. The molecule has 1 aromatic heterocycles. The molecule has 2 N–H and O–H groups in total. The standard InChI is InChI=1S/C15H15N3O4/c1-10(14(16)20)22-15(21)12-7-8-13(19)18(17-12)9-11-5-3-2-4-6-11/h2-8,10H,9H2,1H3,(H2,16,20)/t10-/m0/s1. The predicted octanol–water partition coefficient (Wildman–Crippen LogP) is 0.322. The summed E-state index contributed by atoms with van der Waals surface area (Å²) in [5, 5.41) is 3.96.